The molecular formula is C17H27BrN2O. The molecule has 1 aromatic carbocycles. The van der Waals surface area contributed by atoms with Crippen molar-refractivity contribution in [3.63, 3.8) is 0 Å². The first-order valence-corrected chi connectivity index (χ1v) is 8.76. The highest BCUT2D eigenvalue weighted by atomic mass is 79.9. The predicted molar refractivity (Wildman–Crippen MR) is 91.6 cm³/mol. The lowest BCUT2D eigenvalue weighted by molar-refractivity contribution is 0.0301. The number of nitrogens with zero attached hydrogens (tertiary/aromatic N) is 1. The van der Waals surface area contributed by atoms with Gasteiger partial charge in [-0.2, -0.15) is 0 Å². The van der Waals surface area contributed by atoms with Crippen LogP contribution in [-0.4, -0.2) is 44.3 Å². The molecule has 4 heteroatoms. The summed E-state index contributed by atoms with van der Waals surface area (Å²) in [6.45, 7) is 6.59. The van der Waals surface area contributed by atoms with E-state index in [4.69, 9.17) is 4.74 Å². The smallest absolute Gasteiger partial charge is 0.0698 e. The molecule has 0 spiro atoms. The lowest BCUT2D eigenvalue weighted by Gasteiger charge is -2.33. The van der Waals surface area contributed by atoms with Gasteiger partial charge < -0.3 is 15.0 Å². The van der Waals surface area contributed by atoms with Crippen LogP contribution in [0.5, 0.6) is 0 Å². The van der Waals surface area contributed by atoms with E-state index in [0.717, 1.165) is 30.5 Å². The third-order valence-corrected chi connectivity index (χ3v) is 4.78. The molecule has 3 nitrogen and oxygen atoms in total. The van der Waals surface area contributed by atoms with Gasteiger partial charge in [0, 0.05) is 30.7 Å². The van der Waals surface area contributed by atoms with Gasteiger partial charge in [-0.15, -0.1) is 0 Å². The first kappa shape index (κ1) is 16.9. The summed E-state index contributed by atoms with van der Waals surface area (Å²) in [7, 11) is 1.83. The van der Waals surface area contributed by atoms with Gasteiger partial charge in [0.25, 0.3) is 0 Å². The maximum atomic E-state index is 5.51. The van der Waals surface area contributed by atoms with Crippen molar-refractivity contribution in [2.75, 3.05) is 33.3 Å². The van der Waals surface area contributed by atoms with Crippen LogP contribution in [0.25, 0.3) is 0 Å². The highest BCUT2D eigenvalue weighted by Crippen LogP contribution is 2.21. The van der Waals surface area contributed by atoms with Gasteiger partial charge in [0.2, 0.25) is 0 Å². The van der Waals surface area contributed by atoms with Gasteiger partial charge in [-0.3, -0.25) is 0 Å². The van der Waals surface area contributed by atoms with E-state index in [1.807, 2.05) is 7.11 Å². The van der Waals surface area contributed by atoms with Gasteiger partial charge in [-0.25, -0.2) is 0 Å². The van der Waals surface area contributed by atoms with E-state index in [-0.39, 0.29) is 0 Å². The molecule has 0 aromatic heterocycles. The zero-order chi connectivity index (χ0) is 15.1. The molecule has 118 valence electrons. The Kier molecular flexibility index (Phi) is 7.17. The molecule has 21 heavy (non-hydrogen) atoms. The number of hydrogen-bond acceptors (Lipinski definition) is 3. The monoisotopic (exact) mass is 354 g/mol. The van der Waals surface area contributed by atoms with Crippen molar-refractivity contribution in [2.24, 2.45) is 0 Å². The van der Waals surface area contributed by atoms with Crippen molar-refractivity contribution < 1.29 is 4.74 Å². The van der Waals surface area contributed by atoms with Crippen molar-refractivity contribution in [1.82, 2.24) is 10.2 Å². The number of halogens is 1. The molecule has 1 aromatic rings. The Balaban J connectivity index is 1.89. The molecule has 1 heterocycles. The number of ether oxygens (including phenoxy) is 1. The molecular weight excluding hydrogens is 328 g/mol. The standard InChI is InChI=1S/C17H27BrN2O/c1-3-19-17(14-6-8-15(18)9-7-14)10-12-20-11-4-5-16(13-20)21-2/h6-9,16-17,19H,3-5,10-13H2,1-2H3. The van der Waals surface area contributed by atoms with Crippen LogP contribution in [0.2, 0.25) is 0 Å². The Hall–Kier alpha value is -0.420. The minimum Gasteiger partial charge on any atom is -0.380 e. The Bertz CT molecular complexity index is 410. The Morgan fingerprint density at radius 3 is 2.81 bits per heavy atom. The molecule has 2 unspecified atom stereocenters. The van der Waals surface area contributed by atoms with Crippen LogP contribution in [0.1, 0.15) is 37.8 Å². The van der Waals surface area contributed by atoms with E-state index in [9.17, 15) is 0 Å². The first-order chi connectivity index (χ1) is 10.2. The maximum Gasteiger partial charge on any atom is 0.0698 e. The third-order valence-electron chi connectivity index (χ3n) is 4.25. The topological polar surface area (TPSA) is 24.5 Å². The molecule has 0 bridgehead atoms. The van der Waals surface area contributed by atoms with Gasteiger partial charge in [0.1, 0.15) is 0 Å². The fourth-order valence-electron chi connectivity index (χ4n) is 3.05. The summed E-state index contributed by atoms with van der Waals surface area (Å²) in [5.41, 5.74) is 1.38. The lowest BCUT2D eigenvalue weighted by atomic mass is 10.0. The lowest BCUT2D eigenvalue weighted by Crippen LogP contribution is -2.40. The number of hydrogen-bond donors (Lipinski definition) is 1. The summed E-state index contributed by atoms with van der Waals surface area (Å²) >= 11 is 3.51. The number of nitrogens with one attached hydrogen (secondary N) is 1. The second-order valence-corrected chi connectivity index (χ2v) is 6.67. The molecule has 1 aliphatic heterocycles. The minimum absolute atomic E-state index is 0.420. The summed E-state index contributed by atoms with van der Waals surface area (Å²) in [4.78, 5) is 2.54. The highest BCUT2D eigenvalue weighted by molar-refractivity contribution is 9.10. The van der Waals surface area contributed by atoms with Crippen LogP contribution in [0, 0.1) is 0 Å². The van der Waals surface area contributed by atoms with Crippen LogP contribution in [-0.2, 0) is 4.74 Å². The number of rotatable bonds is 7. The molecule has 2 rings (SSSR count). The second kappa shape index (κ2) is 8.89. The second-order valence-electron chi connectivity index (χ2n) is 5.75. The average molecular weight is 355 g/mol. The third kappa shape index (κ3) is 5.37. The van der Waals surface area contributed by atoms with Crippen molar-refractivity contribution in [3.05, 3.63) is 34.3 Å². The fraction of sp³-hybridized carbons (Fsp3) is 0.647. The molecule has 0 radical (unpaired) electrons. The van der Waals surface area contributed by atoms with E-state index in [1.54, 1.807) is 0 Å². The van der Waals surface area contributed by atoms with Gasteiger partial charge >= 0.3 is 0 Å². The number of benzene rings is 1. The number of likely N-dealkylation sites (tertiary alicyclic amines) is 1. The quantitative estimate of drug-likeness (QED) is 0.809. The summed E-state index contributed by atoms with van der Waals surface area (Å²) in [5.74, 6) is 0. The molecule has 1 saturated heterocycles. The summed E-state index contributed by atoms with van der Waals surface area (Å²) in [5, 5.41) is 3.61. The van der Waals surface area contributed by atoms with Crippen molar-refractivity contribution in [2.45, 2.75) is 38.3 Å². The van der Waals surface area contributed by atoms with Crippen LogP contribution in [0.15, 0.2) is 28.7 Å². The molecule has 1 N–H and O–H groups in total. The van der Waals surface area contributed by atoms with Crippen molar-refractivity contribution in [3.8, 4) is 0 Å². The van der Waals surface area contributed by atoms with E-state index in [0.29, 0.717) is 12.1 Å². The van der Waals surface area contributed by atoms with Crippen LogP contribution in [0.4, 0.5) is 0 Å². The van der Waals surface area contributed by atoms with Gasteiger partial charge in [0.15, 0.2) is 0 Å². The van der Waals surface area contributed by atoms with Gasteiger partial charge in [-0.05, 0) is 50.0 Å². The summed E-state index contributed by atoms with van der Waals surface area (Å²) < 4.78 is 6.65. The summed E-state index contributed by atoms with van der Waals surface area (Å²) in [6, 6.07) is 9.12. The molecule has 0 saturated carbocycles. The largest absolute Gasteiger partial charge is 0.380 e. The van der Waals surface area contributed by atoms with E-state index in [1.165, 1.54) is 24.9 Å². The minimum atomic E-state index is 0.420. The Morgan fingerprint density at radius 1 is 1.38 bits per heavy atom. The first-order valence-electron chi connectivity index (χ1n) is 7.97. The van der Waals surface area contributed by atoms with Crippen LogP contribution < -0.4 is 5.32 Å². The Morgan fingerprint density at radius 2 is 2.14 bits per heavy atom. The SMILES string of the molecule is CCNC(CCN1CCCC(OC)C1)c1ccc(Br)cc1. The molecule has 0 aliphatic carbocycles. The van der Waals surface area contributed by atoms with Crippen molar-refractivity contribution >= 4 is 15.9 Å². The Labute approximate surface area is 137 Å². The average Bonchev–Trinajstić information content (AvgIpc) is 2.52. The maximum absolute atomic E-state index is 5.51. The normalized spacial score (nSPS) is 21.4. The molecule has 0 amide bonds. The van der Waals surface area contributed by atoms with Gasteiger partial charge in [0.05, 0.1) is 6.10 Å². The van der Waals surface area contributed by atoms with Crippen LogP contribution in [0.3, 0.4) is 0 Å². The molecule has 1 aliphatic rings. The molecule has 2 atom stereocenters. The predicted octanol–water partition coefficient (Wildman–Crippen LogP) is 3.60. The highest BCUT2D eigenvalue weighted by Gasteiger charge is 2.20. The van der Waals surface area contributed by atoms with Crippen LogP contribution >= 0.6 is 15.9 Å². The van der Waals surface area contributed by atoms with E-state index < -0.39 is 0 Å². The van der Waals surface area contributed by atoms with Gasteiger partial charge in [-0.1, -0.05) is 35.0 Å². The van der Waals surface area contributed by atoms with E-state index in [2.05, 4.69) is 57.3 Å². The number of methoxy groups -OCH3 is 1. The summed E-state index contributed by atoms with van der Waals surface area (Å²) in [6.07, 6.45) is 4.02. The number of piperidine rings is 1. The van der Waals surface area contributed by atoms with Crippen molar-refractivity contribution in [1.29, 1.82) is 0 Å². The zero-order valence-electron chi connectivity index (χ0n) is 13.1. The molecule has 1 fully saturated rings. The fourth-order valence-corrected chi connectivity index (χ4v) is 3.31. The zero-order valence-corrected chi connectivity index (χ0v) is 14.7. The van der Waals surface area contributed by atoms with E-state index >= 15 is 0 Å².